The quantitative estimate of drug-likeness (QED) is 0.761. The molecule has 2 aliphatic carbocycles. The second-order valence-electron chi connectivity index (χ2n) is 8.67. The molecule has 28 heavy (non-hydrogen) atoms. The molecule has 1 aliphatic heterocycles. The Bertz CT molecular complexity index is 812. The minimum atomic E-state index is -3.31. The summed E-state index contributed by atoms with van der Waals surface area (Å²) in [7, 11) is -3.31. The number of aromatic nitrogens is 1. The van der Waals surface area contributed by atoms with Crippen molar-refractivity contribution in [2.45, 2.75) is 75.1 Å². The van der Waals surface area contributed by atoms with Gasteiger partial charge in [0.05, 0.1) is 5.25 Å². The van der Waals surface area contributed by atoms with Gasteiger partial charge >= 0.3 is 0 Å². The van der Waals surface area contributed by atoms with Crippen LogP contribution in [-0.4, -0.2) is 54.2 Å². The van der Waals surface area contributed by atoms with Gasteiger partial charge in [0.15, 0.2) is 5.69 Å². The van der Waals surface area contributed by atoms with E-state index in [0.717, 1.165) is 31.4 Å². The minimum Gasteiger partial charge on any atom is -0.360 e. The molecule has 1 aromatic rings. The fourth-order valence-electron chi connectivity index (χ4n) is 4.35. The molecule has 1 saturated heterocycles. The van der Waals surface area contributed by atoms with Crippen LogP contribution >= 0.6 is 0 Å². The first-order chi connectivity index (χ1) is 13.3. The average Bonchev–Trinajstić information content (AvgIpc) is 3.40. The van der Waals surface area contributed by atoms with Gasteiger partial charge in [0.25, 0.3) is 5.91 Å². The van der Waals surface area contributed by atoms with Gasteiger partial charge < -0.3 is 15.6 Å². The van der Waals surface area contributed by atoms with Crippen LogP contribution in [-0.2, 0) is 10.0 Å². The van der Waals surface area contributed by atoms with Crippen LogP contribution in [0.2, 0.25) is 0 Å². The lowest BCUT2D eigenvalue weighted by Crippen LogP contribution is -2.53. The highest BCUT2D eigenvalue weighted by molar-refractivity contribution is 7.89. The number of hydrogen-bond acceptors (Lipinski definition) is 6. The normalized spacial score (nSPS) is 32.2. The molecular weight excluding hydrogens is 380 g/mol. The maximum Gasteiger partial charge on any atom is 0.273 e. The smallest absolute Gasteiger partial charge is 0.273 e. The van der Waals surface area contributed by atoms with Crippen LogP contribution in [0, 0.1) is 5.92 Å². The van der Waals surface area contributed by atoms with Gasteiger partial charge in [-0.2, -0.15) is 0 Å². The van der Waals surface area contributed by atoms with Gasteiger partial charge in [-0.15, -0.1) is 0 Å². The summed E-state index contributed by atoms with van der Waals surface area (Å²) in [4.78, 5) is 12.5. The summed E-state index contributed by atoms with van der Waals surface area (Å²) in [5.74, 6) is 0.986. The standard InChI is InChI=1S/C19H30N4O4S/c1-12-11-23(28(25,26)15-6-4-14(20)5-7-15)9-8-16(12)21-19(24)17-10-18(27-22-17)13-2-3-13/h10,12-16H,2-9,11,20H2,1H3,(H,21,24)/t12-,14-,15-,16+/m0/s1. The summed E-state index contributed by atoms with van der Waals surface area (Å²) < 4.78 is 32.9. The number of sulfonamides is 1. The van der Waals surface area contributed by atoms with Crippen LogP contribution in [0.25, 0.3) is 0 Å². The molecule has 2 heterocycles. The van der Waals surface area contributed by atoms with E-state index < -0.39 is 10.0 Å². The van der Waals surface area contributed by atoms with Crippen LogP contribution in [0.5, 0.6) is 0 Å². The Kier molecular flexibility index (Phi) is 5.50. The molecule has 2 atom stereocenters. The van der Waals surface area contributed by atoms with E-state index in [9.17, 15) is 13.2 Å². The number of nitrogens with two attached hydrogens (primary N) is 1. The van der Waals surface area contributed by atoms with Crippen molar-refractivity contribution in [3.63, 3.8) is 0 Å². The summed E-state index contributed by atoms with van der Waals surface area (Å²) in [6.07, 6.45) is 5.61. The lowest BCUT2D eigenvalue weighted by atomic mass is 9.95. The van der Waals surface area contributed by atoms with Gasteiger partial charge in [-0.3, -0.25) is 4.79 Å². The van der Waals surface area contributed by atoms with Gasteiger partial charge in [0, 0.05) is 37.2 Å². The molecule has 0 unspecified atom stereocenters. The third kappa shape index (κ3) is 4.11. The van der Waals surface area contributed by atoms with Crippen molar-refractivity contribution >= 4 is 15.9 Å². The van der Waals surface area contributed by atoms with Crippen LogP contribution in [0.1, 0.15) is 74.0 Å². The molecule has 0 radical (unpaired) electrons. The van der Waals surface area contributed by atoms with Crippen molar-refractivity contribution < 1.29 is 17.7 Å². The molecule has 3 N–H and O–H groups in total. The molecule has 0 spiro atoms. The van der Waals surface area contributed by atoms with Crippen molar-refractivity contribution in [2.24, 2.45) is 11.7 Å². The van der Waals surface area contributed by atoms with Crippen molar-refractivity contribution in [2.75, 3.05) is 13.1 Å². The van der Waals surface area contributed by atoms with Crippen molar-refractivity contribution in [1.29, 1.82) is 0 Å². The Morgan fingerprint density at radius 1 is 1.21 bits per heavy atom. The van der Waals surface area contributed by atoms with E-state index in [1.807, 2.05) is 6.92 Å². The second-order valence-corrected chi connectivity index (χ2v) is 10.9. The van der Waals surface area contributed by atoms with Gasteiger partial charge in [-0.05, 0) is 50.9 Å². The molecule has 1 amide bonds. The molecule has 0 aromatic carbocycles. The lowest BCUT2D eigenvalue weighted by molar-refractivity contribution is 0.0891. The van der Waals surface area contributed by atoms with Gasteiger partial charge in [0.1, 0.15) is 5.76 Å². The van der Waals surface area contributed by atoms with E-state index in [1.54, 1.807) is 10.4 Å². The fraction of sp³-hybridized carbons (Fsp3) is 0.789. The third-order valence-electron chi connectivity index (χ3n) is 6.43. The molecule has 3 aliphatic rings. The zero-order valence-corrected chi connectivity index (χ0v) is 17.2. The molecule has 1 aromatic heterocycles. The maximum absolute atomic E-state index is 13.0. The molecular formula is C19H30N4O4S. The molecule has 3 fully saturated rings. The molecule has 2 saturated carbocycles. The molecule has 0 bridgehead atoms. The Balaban J connectivity index is 1.33. The van der Waals surface area contributed by atoms with Crippen LogP contribution in [0.15, 0.2) is 10.6 Å². The van der Waals surface area contributed by atoms with Gasteiger partial charge in [0.2, 0.25) is 10.0 Å². The number of nitrogens with zero attached hydrogens (tertiary/aromatic N) is 2. The summed E-state index contributed by atoms with van der Waals surface area (Å²) in [6.45, 7) is 2.86. The monoisotopic (exact) mass is 410 g/mol. The van der Waals surface area contributed by atoms with E-state index in [0.29, 0.717) is 44.0 Å². The minimum absolute atomic E-state index is 0.0353. The van der Waals surface area contributed by atoms with E-state index >= 15 is 0 Å². The number of carbonyl (C=O) groups excluding carboxylic acids is 1. The molecule has 156 valence electrons. The Morgan fingerprint density at radius 2 is 1.93 bits per heavy atom. The van der Waals surface area contributed by atoms with Crippen LogP contribution < -0.4 is 11.1 Å². The summed E-state index contributed by atoms with van der Waals surface area (Å²) in [6, 6.07) is 1.79. The van der Waals surface area contributed by atoms with Gasteiger partial charge in [-0.25, -0.2) is 12.7 Å². The average molecular weight is 411 g/mol. The SMILES string of the molecule is C[C@H]1CN(S(=O)(=O)[C@H]2CC[C@H](N)CC2)CC[C@H]1NC(=O)c1cc(C2CC2)on1. The molecule has 8 nitrogen and oxygen atoms in total. The second kappa shape index (κ2) is 7.76. The first-order valence-corrected chi connectivity index (χ1v) is 11.9. The van der Waals surface area contributed by atoms with Crippen LogP contribution in [0.4, 0.5) is 0 Å². The summed E-state index contributed by atoms with van der Waals surface area (Å²) in [5.41, 5.74) is 6.22. The number of piperidine rings is 1. The largest absolute Gasteiger partial charge is 0.360 e. The lowest BCUT2D eigenvalue weighted by Gasteiger charge is -2.39. The maximum atomic E-state index is 13.0. The highest BCUT2D eigenvalue weighted by Crippen LogP contribution is 2.40. The zero-order chi connectivity index (χ0) is 19.9. The topological polar surface area (TPSA) is 119 Å². The van der Waals surface area contributed by atoms with Gasteiger partial charge in [-0.1, -0.05) is 12.1 Å². The van der Waals surface area contributed by atoms with E-state index in [4.69, 9.17) is 10.3 Å². The number of carbonyl (C=O) groups is 1. The van der Waals surface area contributed by atoms with Crippen molar-refractivity contribution in [1.82, 2.24) is 14.8 Å². The van der Waals surface area contributed by atoms with E-state index in [-0.39, 0.29) is 29.2 Å². The Morgan fingerprint density at radius 3 is 2.57 bits per heavy atom. The van der Waals surface area contributed by atoms with E-state index in [1.165, 1.54) is 0 Å². The molecule has 4 rings (SSSR count). The predicted molar refractivity (Wildman–Crippen MR) is 104 cm³/mol. The van der Waals surface area contributed by atoms with Crippen molar-refractivity contribution in [3.05, 3.63) is 17.5 Å². The number of amides is 1. The van der Waals surface area contributed by atoms with Crippen LogP contribution in [0.3, 0.4) is 0 Å². The zero-order valence-electron chi connectivity index (χ0n) is 16.3. The Hall–Kier alpha value is -1.45. The molecule has 9 heteroatoms. The van der Waals surface area contributed by atoms with E-state index in [2.05, 4.69) is 10.5 Å². The highest BCUT2D eigenvalue weighted by Gasteiger charge is 2.39. The predicted octanol–water partition coefficient (Wildman–Crippen LogP) is 1.59. The van der Waals surface area contributed by atoms with Crippen molar-refractivity contribution in [3.8, 4) is 0 Å². The summed E-state index contributed by atoms with van der Waals surface area (Å²) in [5, 5.41) is 6.58. The number of rotatable bonds is 5. The Labute approximate surface area is 166 Å². The number of hydrogen-bond donors (Lipinski definition) is 2. The first kappa shape index (κ1) is 19.8. The number of nitrogens with one attached hydrogen (secondary N) is 1. The fourth-order valence-corrected chi connectivity index (χ4v) is 6.44. The summed E-state index contributed by atoms with van der Waals surface area (Å²) >= 11 is 0. The highest BCUT2D eigenvalue weighted by atomic mass is 32.2. The third-order valence-corrected chi connectivity index (χ3v) is 8.79. The first-order valence-electron chi connectivity index (χ1n) is 10.4.